The molecule has 0 atom stereocenters. The standard InChI is InChI=1S/C54H44N4O/c1-2-46-45(33-55)25-26-48-47-14-9-15-49(54(47)59-53(46)48)52-29-24-39(36-58-52)18-21-42-31-40(19-16-37-22-27-50(56-34-37)43-10-5-3-6-11-43)30-41(32-42)20-17-38-23-28-51(57-35-38)44-12-7-4-8-13-44/h3-15,22-32,34-36H,2,16-21H2,1H3/i2D2,16D2,17D2,18D2,19D2,20D2,21D2,25D. The predicted molar refractivity (Wildman–Crippen MR) is 239 cm³/mol. The Morgan fingerprint density at radius 2 is 1.00 bits per heavy atom. The molecule has 0 fully saturated rings. The molecule has 0 saturated carbocycles. The van der Waals surface area contributed by atoms with Crippen molar-refractivity contribution in [3.05, 3.63) is 209 Å². The predicted octanol–water partition coefficient (Wildman–Crippen LogP) is 12.6. The van der Waals surface area contributed by atoms with Gasteiger partial charge < -0.3 is 4.42 Å². The van der Waals surface area contributed by atoms with Gasteiger partial charge in [0.15, 0.2) is 0 Å². The lowest BCUT2D eigenvalue weighted by atomic mass is 9.94. The van der Waals surface area contributed by atoms with E-state index in [1.165, 1.54) is 61.8 Å². The molecular weight excluding hydrogens is 721 g/mol. The van der Waals surface area contributed by atoms with Gasteiger partial charge in [0.1, 0.15) is 11.2 Å². The van der Waals surface area contributed by atoms with E-state index in [4.69, 9.17) is 8.53 Å². The number of rotatable bonds is 13. The highest BCUT2D eigenvalue weighted by Gasteiger charge is 2.17. The number of aromatic nitrogens is 3. The Balaban J connectivity index is 1.14. The first-order valence-corrected chi connectivity index (χ1v) is 18.8. The average molecular weight is 780 g/mol. The van der Waals surface area contributed by atoms with Crippen LogP contribution in [0.25, 0.3) is 55.7 Å². The monoisotopic (exact) mass is 779 g/mol. The van der Waals surface area contributed by atoms with Crippen LogP contribution in [0.4, 0.5) is 0 Å². The molecule has 0 radical (unpaired) electrons. The number of pyridine rings is 3. The van der Waals surface area contributed by atoms with Crippen LogP contribution in [0, 0.1) is 11.3 Å². The fourth-order valence-electron chi connectivity index (χ4n) is 6.73. The van der Waals surface area contributed by atoms with Gasteiger partial charge in [0.05, 0.1) is 30.1 Å². The lowest BCUT2D eigenvalue weighted by Gasteiger charge is -2.12. The lowest BCUT2D eigenvalue weighted by Crippen LogP contribution is -2.00. The van der Waals surface area contributed by atoms with E-state index >= 15 is 0 Å². The van der Waals surface area contributed by atoms with Crippen LogP contribution in [0.5, 0.6) is 0 Å². The van der Waals surface area contributed by atoms with Crippen molar-refractivity contribution < 1.29 is 25.0 Å². The topological polar surface area (TPSA) is 75.6 Å². The number of nitriles is 1. The van der Waals surface area contributed by atoms with Gasteiger partial charge in [-0.2, -0.15) is 5.26 Å². The van der Waals surface area contributed by atoms with Crippen LogP contribution in [0.3, 0.4) is 0 Å². The molecule has 9 aromatic rings. The number of hydrogen-bond donors (Lipinski definition) is 0. The zero-order valence-electron chi connectivity index (χ0n) is 46.7. The van der Waals surface area contributed by atoms with E-state index in [2.05, 4.69) is 15.0 Å². The Kier molecular flexibility index (Phi) is 6.95. The summed E-state index contributed by atoms with van der Waals surface area (Å²) < 4.78 is 144. The third-order valence-corrected chi connectivity index (χ3v) is 9.65. The summed E-state index contributed by atoms with van der Waals surface area (Å²) in [6.45, 7) is 1.26. The number of aryl methyl sites for hydroxylation is 7. The van der Waals surface area contributed by atoms with Gasteiger partial charge in [0.25, 0.3) is 0 Å². The van der Waals surface area contributed by atoms with Crippen LogP contribution in [0.15, 0.2) is 169 Å². The average Bonchev–Trinajstić information content (AvgIpc) is 3.76. The summed E-state index contributed by atoms with van der Waals surface area (Å²) >= 11 is 0. The van der Waals surface area contributed by atoms with Gasteiger partial charge in [-0.05, 0) is 114 Å². The maximum atomic E-state index is 9.86. The summed E-state index contributed by atoms with van der Waals surface area (Å²) in [5, 5.41) is 10.7. The van der Waals surface area contributed by atoms with Gasteiger partial charge in [-0.3, -0.25) is 15.0 Å². The highest BCUT2D eigenvalue weighted by atomic mass is 16.3. The zero-order valence-corrected chi connectivity index (χ0v) is 31.7. The SMILES string of the molecule is [2H]c1cc2c(oc3c(-c4ccc(C([2H])([2H])C([2H])([2H])c5cc(C([2H])([2H])C([2H])([2H])c6ccc(-c7ccccc7)nc6)cc(C([2H])([2H])C([2H])([2H])c6ccc(-c7ccccc7)nc6)c5)cn4)cccc32)c(C([2H])([2H])C)c1C#N. The minimum atomic E-state index is -3.18. The van der Waals surface area contributed by atoms with Crippen LogP contribution < -0.4 is 0 Å². The van der Waals surface area contributed by atoms with Gasteiger partial charge in [0.2, 0.25) is 0 Å². The van der Waals surface area contributed by atoms with E-state index in [1.54, 1.807) is 66.7 Å². The summed E-state index contributed by atoms with van der Waals surface area (Å²) in [5.74, 6) is 0. The third kappa shape index (κ3) is 8.30. The van der Waals surface area contributed by atoms with Crippen molar-refractivity contribution in [2.24, 2.45) is 0 Å². The number of benzene rings is 5. The second-order valence-electron chi connectivity index (χ2n) is 13.5. The van der Waals surface area contributed by atoms with E-state index in [0.29, 0.717) is 27.7 Å². The summed E-state index contributed by atoms with van der Waals surface area (Å²) in [5.41, 5.74) is 0.500. The molecule has 0 bridgehead atoms. The highest BCUT2D eigenvalue weighted by Crippen LogP contribution is 2.37. The van der Waals surface area contributed by atoms with Crippen molar-refractivity contribution in [3.8, 4) is 39.8 Å². The Labute approximate surface area is 366 Å². The molecule has 5 nitrogen and oxygen atoms in total. The van der Waals surface area contributed by atoms with Crippen LogP contribution >= 0.6 is 0 Å². The zero-order chi connectivity index (χ0) is 53.4. The van der Waals surface area contributed by atoms with E-state index in [1.807, 2.05) is 18.2 Å². The number of hydrogen-bond acceptors (Lipinski definition) is 5. The molecule has 0 aliphatic heterocycles. The largest absolute Gasteiger partial charge is 0.455 e. The second-order valence-corrected chi connectivity index (χ2v) is 13.5. The molecule has 0 spiro atoms. The molecule has 5 aromatic carbocycles. The molecule has 0 N–H and O–H groups in total. The molecule has 9 rings (SSSR count). The molecular formula is C54H44N4O. The Bertz CT molecular complexity index is 3490. The summed E-state index contributed by atoms with van der Waals surface area (Å²) in [7, 11) is 0. The molecule has 5 heteroatoms. The van der Waals surface area contributed by atoms with Crippen LogP contribution in [-0.2, 0) is 44.6 Å². The molecule has 59 heavy (non-hydrogen) atoms. The summed E-state index contributed by atoms with van der Waals surface area (Å²) in [6, 6.07) is 37.6. The number of furan rings is 1. The fourth-order valence-corrected chi connectivity index (χ4v) is 6.73. The van der Waals surface area contributed by atoms with Crippen molar-refractivity contribution in [1.82, 2.24) is 15.0 Å². The first-order valence-electron chi connectivity index (χ1n) is 26.3. The quantitative estimate of drug-likeness (QED) is 0.116. The van der Waals surface area contributed by atoms with E-state index in [-0.39, 0.29) is 50.7 Å². The number of nitrogens with zero attached hydrogens (tertiary/aromatic N) is 4. The van der Waals surface area contributed by atoms with Crippen molar-refractivity contribution in [2.45, 2.75) is 51.5 Å². The fraction of sp³-hybridized carbons (Fsp3) is 0.148. The molecule has 0 saturated heterocycles. The van der Waals surface area contributed by atoms with Gasteiger partial charge in [-0.1, -0.05) is 116 Å². The Hall–Kier alpha value is -7.16. The Morgan fingerprint density at radius 3 is 1.46 bits per heavy atom. The normalized spacial score (nSPS) is 16.7. The first kappa shape index (κ1) is 23.9. The van der Waals surface area contributed by atoms with Crippen molar-refractivity contribution in [1.29, 1.82) is 5.26 Å². The molecule has 4 aromatic heterocycles. The number of para-hydroxylation sites is 1. The molecule has 0 aliphatic carbocycles. The minimum Gasteiger partial charge on any atom is -0.455 e. The highest BCUT2D eigenvalue weighted by molar-refractivity contribution is 6.10. The molecule has 4 heterocycles. The van der Waals surface area contributed by atoms with E-state index < -0.39 is 61.3 Å². The van der Waals surface area contributed by atoms with Crippen molar-refractivity contribution in [2.75, 3.05) is 0 Å². The van der Waals surface area contributed by atoms with E-state index in [0.717, 1.165) is 35.5 Å². The molecule has 286 valence electrons. The first-order chi connectivity index (χ1) is 34.7. The third-order valence-electron chi connectivity index (χ3n) is 9.65. The summed E-state index contributed by atoms with van der Waals surface area (Å²) in [6.07, 6.45) is -16.9. The van der Waals surface area contributed by atoms with E-state index in [9.17, 15) is 21.7 Å². The molecule has 0 aliphatic rings. The molecule has 0 unspecified atom stereocenters. The van der Waals surface area contributed by atoms with Crippen molar-refractivity contribution in [3.63, 3.8) is 0 Å². The van der Waals surface area contributed by atoms with Gasteiger partial charge >= 0.3 is 0 Å². The van der Waals surface area contributed by atoms with Crippen LogP contribution in [-0.4, -0.2) is 15.0 Å². The molecule has 0 amide bonds. The van der Waals surface area contributed by atoms with Gasteiger partial charge in [-0.25, -0.2) is 0 Å². The maximum Gasteiger partial charge on any atom is 0.144 e. The van der Waals surface area contributed by atoms with Crippen molar-refractivity contribution >= 4 is 21.9 Å². The minimum absolute atomic E-state index is 0.0698. The van der Waals surface area contributed by atoms with Crippen LogP contribution in [0.2, 0.25) is 0 Å². The van der Waals surface area contributed by atoms with Gasteiger partial charge in [-0.15, -0.1) is 0 Å². The van der Waals surface area contributed by atoms with Gasteiger partial charge in [0, 0.05) is 70.8 Å². The number of fused-ring (bicyclic) bond motifs is 3. The lowest BCUT2D eigenvalue weighted by molar-refractivity contribution is 0.664. The van der Waals surface area contributed by atoms with Crippen LogP contribution in [0.1, 0.15) is 72.0 Å². The maximum absolute atomic E-state index is 9.86. The smallest absolute Gasteiger partial charge is 0.144 e. The second kappa shape index (κ2) is 17.1. The Morgan fingerprint density at radius 1 is 0.525 bits per heavy atom. The summed E-state index contributed by atoms with van der Waals surface area (Å²) in [4.78, 5) is 13.3.